The molecule has 116 valence electrons. The minimum atomic E-state index is 0.0156. The van der Waals surface area contributed by atoms with Gasteiger partial charge in [0.15, 0.2) is 0 Å². The first kappa shape index (κ1) is 15.3. The lowest BCUT2D eigenvalue weighted by Gasteiger charge is -2.23. The van der Waals surface area contributed by atoms with Gasteiger partial charge in [0.25, 0.3) is 5.91 Å². The predicted molar refractivity (Wildman–Crippen MR) is 91.2 cm³/mol. The third-order valence-electron chi connectivity index (χ3n) is 3.99. The van der Waals surface area contributed by atoms with Crippen LogP contribution in [0.3, 0.4) is 0 Å². The largest absolute Gasteiger partial charge is 0.336 e. The standard InChI is InChI=1S/C17H21N3OS/c1-2-22-13-7-5-6-10-20(12-13)17(21)16-11-18-14-8-3-4-9-15(14)19-16/h3-4,8-9,11,13H,2,5-7,10,12H2,1H3/t13-/m0/s1. The lowest BCUT2D eigenvalue weighted by Crippen LogP contribution is -2.36. The van der Waals surface area contributed by atoms with Crippen LogP contribution in [0, 0.1) is 0 Å². The maximum atomic E-state index is 12.8. The van der Waals surface area contributed by atoms with E-state index in [0.29, 0.717) is 10.9 Å². The Morgan fingerprint density at radius 1 is 1.32 bits per heavy atom. The van der Waals surface area contributed by atoms with Gasteiger partial charge in [-0.05, 0) is 30.7 Å². The molecule has 1 fully saturated rings. The van der Waals surface area contributed by atoms with Gasteiger partial charge in [-0.1, -0.05) is 25.5 Å². The molecule has 1 saturated heterocycles. The number of hydrogen-bond donors (Lipinski definition) is 0. The molecular weight excluding hydrogens is 294 g/mol. The third-order valence-corrected chi connectivity index (χ3v) is 5.17. The lowest BCUT2D eigenvalue weighted by molar-refractivity contribution is 0.0757. The van der Waals surface area contributed by atoms with Crippen molar-refractivity contribution < 1.29 is 4.79 Å². The van der Waals surface area contributed by atoms with Crippen molar-refractivity contribution in [1.29, 1.82) is 0 Å². The van der Waals surface area contributed by atoms with Gasteiger partial charge in [0, 0.05) is 18.3 Å². The SMILES string of the molecule is CCS[C@H]1CCCCN(C(=O)c2cnc3ccccc3n2)C1. The van der Waals surface area contributed by atoms with Crippen molar-refractivity contribution in [2.75, 3.05) is 18.8 Å². The van der Waals surface area contributed by atoms with Gasteiger partial charge in [-0.2, -0.15) is 11.8 Å². The van der Waals surface area contributed by atoms with E-state index in [1.807, 2.05) is 40.9 Å². The van der Waals surface area contributed by atoms with Crippen LogP contribution in [0.25, 0.3) is 11.0 Å². The minimum Gasteiger partial charge on any atom is -0.336 e. The second-order valence-corrected chi connectivity index (χ2v) is 7.15. The highest BCUT2D eigenvalue weighted by Crippen LogP contribution is 2.23. The highest BCUT2D eigenvalue weighted by Gasteiger charge is 2.24. The smallest absolute Gasteiger partial charge is 0.274 e. The number of carbonyl (C=O) groups is 1. The van der Waals surface area contributed by atoms with Crippen molar-refractivity contribution in [3.8, 4) is 0 Å². The van der Waals surface area contributed by atoms with Crippen LogP contribution >= 0.6 is 11.8 Å². The van der Waals surface area contributed by atoms with Gasteiger partial charge < -0.3 is 4.90 Å². The fourth-order valence-electron chi connectivity index (χ4n) is 2.88. The molecule has 1 aliphatic heterocycles. The number of hydrogen-bond acceptors (Lipinski definition) is 4. The number of thioether (sulfide) groups is 1. The summed E-state index contributed by atoms with van der Waals surface area (Å²) in [5.74, 6) is 1.12. The zero-order valence-corrected chi connectivity index (χ0v) is 13.7. The van der Waals surface area contributed by atoms with E-state index in [0.717, 1.165) is 36.3 Å². The number of nitrogens with zero attached hydrogens (tertiary/aromatic N) is 3. The quantitative estimate of drug-likeness (QED) is 0.871. The summed E-state index contributed by atoms with van der Waals surface area (Å²) in [6.45, 7) is 3.83. The zero-order valence-electron chi connectivity index (χ0n) is 12.9. The molecule has 3 rings (SSSR count). The van der Waals surface area contributed by atoms with Crippen molar-refractivity contribution in [3.63, 3.8) is 0 Å². The van der Waals surface area contributed by atoms with E-state index < -0.39 is 0 Å². The normalized spacial score (nSPS) is 19.1. The molecule has 0 unspecified atom stereocenters. The number of rotatable bonds is 3. The number of amides is 1. The summed E-state index contributed by atoms with van der Waals surface area (Å²) in [5.41, 5.74) is 2.07. The Kier molecular flexibility index (Phi) is 4.93. The molecular formula is C17H21N3OS. The molecule has 0 radical (unpaired) electrons. The summed E-state index contributed by atoms with van der Waals surface area (Å²) in [6.07, 6.45) is 5.08. The van der Waals surface area contributed by atoms with Gasteiger partial charge in [-0.15, -0.1) is 0 Å². The molecule has 2 aromatic rings. The van der Waals surface area contributed by atoms with Crippen LogP contribution in [0.1, 0.15) is 36.7 Å². The molecule has 1 amide bonds. The first-order valence-corrected chi connectivity index (χ1v) is 8.95. The van der Waals surface area contributed by atoms with Crippen molar-refractivity contribution in [2.24, 2.45) is 0 Å². The second-order valence-electron chi connectivity index (χ2n) is 5.57. The van der Waals surface area contributed by atoms with Crippen LogP contribution in [0.4, 0.5) is 0 Å². The summed E-state index contributed by atoms with van der Waals surface area (Å²) in [7, 11) is 0. The first-order valence-electron chi connectivity index (χ1n) is 7.90. The van der Waals surface area contributed by atoms with Gasteiger partial charge in [0.05, 0.1) is 17.2 Å². The van der Waals surface area contributed by atoms with E-state index in [4.69, 9.17) is 0 Å². The molecule has 0 saturated carbocycles. The Balaban J connectivity index is 1.81. The Labute approximate surface area is 135 Å². The van der Waals surface area contributed by atoms with Crippen LogP contribution in [0.15, 0.2) is 30.5 Å². The Morgan fingerprint density at radius 3 is 2.95 bits per heavy atom. The van der Waals surface area contributed by atoms with E-state index >= 15 is 0 Å². The molecule has 1 aliphatic rings. The molecule has 0 bridgehead atoms. The van der Waals surface area contributed by atoms with E-state index in [9.17, 15) is 4.79 Å². The van der Waals surface area contributed by atoms with Crippen LogP contribution in [-0.4, -0.2) is 44.9 Å². The van der Waals surface area contributed by atoms with Crippen molar-refractivity contribution >= 4 is 28.7 Å². The fourth-order valence-corrected chi connectivity index (χ4v) is 3.97. The van der Waals surface area contributed by atoms with Crippen LogP contribution in [0.5, 0.6) is 0 Å². The highest BCUT2D eigenvalue weighted by atomic mass is 32.2. The summed E-state index contributed by atoms with van der Waals surface area (Å²) < 4.78 is 0. The number of carbonyl (C=O) groups excluding carboxylic acids is 1. The fraction of sp³-hybridized carbons (Fsp3) is 0.471. The molecule has 1 atom stereocenters. The van der Waals surface area contributed by atoms with Gasteiger partial charge in [0.1, 0.15) is 5.69 Å². The minimum absolute atomic E-state index is 0.0156. The van der Waals surface area contributed by atoms with E-state index in [2.05, 4.69) is 16.9 Å². The summed E-state index contributed by atoms with van der Waals surface area (Å²) >= 11 is 1.95. The Bertz CT molecular complexity index is 661. The first-order chi connectivity index (χ1) is 10.8. The lowest BCUT2D eigenvalue weighted by atomic mass is 10.2. The number of fused-ring (bicyclic) bond motifs is 1. The Hall–Kier alpha value is -1.62. The number of benzene rings is 1. The van der Waals surface area contributed by atoms with Crippen molar-refractivity contribution in [1.82, 2.24) is 14.9 Å². The molecule has 4 nitrogen and oxygen atoms in total. The summed E-state index contributed by atoms with van der Waals surface area (Å²) in [5, 5.41) is 0.546. The van der Waals surface area contributed by atoms with Crippen molar-refractivity contribution in [3.05, 3.63) is 36.2 Å². The monoisotopic (exact) mass is 315 g/mol. The van der Waals surface area contributed by atoms with Crippen molar-refractivity contribution in [2.45, 2.75) is 31.4 Å². The molecule has 5 heteroatoms. The van der Waals surface area contributed by atoms with Gasteiger partial charge in [0.2, 0.25) is 0 Å². The molecule has 22 heavy (non-hydrogen) atoms. The zero-order chi connectivity index (χ0) is 15.4. The maximum absolute atomic E-state index is 12.8. The second kappa shape index (κ2) is 7.09. The molecule has 2 heterocycles. The molecule has 1 aromatic carbocycles. The van der Waals surface area contributed by atoms with Crippen LogP contribution < -0.4 is 0 Å². The van der Waals surface area contributed by atoms with Crippen LogP contribution in [-0.2, 0) is 0 Å². The Morgan fingerprint density at radius 2 is 2.14 bits per heavy atom. The van der Waals surface area contributed by atoms with E-state index in [-0.39, 0.29) is 5.91 Å². The van der Waals surface area contributed by atoms with Gasteiger partial charge in [-0.3, -0.25) is 9.78 Å². The number of aromatic nitrogens is 2. The third kappa shape index (κ3) is 3.40. The molecule has 0 N–H and O–H groups in total. The summed E-state index contributed by atoms with van der Waals surface area (Å²) in [4.78, 5) is 23.6. The predicted octanol–water partition coefficient (Wildman–Crippen LogP) is 3.38. The maximum Gasteiger partial charge on any atom is 0.274 e. The average Bonchev–Trinajstić information content (AvgIpc) is 2.80. The summed E-state index contributed by atoms with van der Waals surface area (Å²) in [6, 6.07) is 7.67. The topological polar surface area (TPSA) is 46.1 Å². The van der Waals surface area contributed by atoms with Gasteiger partial charge in [-0.25, -0.2) is 4.98 Å². The molecule has 0 spiro atoms. The average molecular weight is 315 g/mol. The number of likely N-dealkylation sites (tertiary alicyclic amines) is 1. The van der Waals surface area contributed by atoms with Gasteiger partial charge >= 0.3 is 0 Å². The van der Waals surface area contributed by atoms with E-state index in [1.165, 1.54) is 12.8 Å². The van der Waals surface area contributed by atoms with Crippen LogP contribution in [0.2, 0.25) is 0 Å². The molecule has 0 aliphatic carbocycles. The molecule has 1 aromatic heterocycles. The number of para-hydroxylation sites is 2. The van der Waals surface area contributed by atoms with E-state index in [1.54, 1.807) is 6.20 Å². The highest BCUT2D eigenvalue weighted by molar-refractivity contribution is 7.99.